The third kappa shape index (κ3) is 7.11. The van der Waals surface area contributed by atoms with Gasteiger partial charge in [0, 0.05) is 12.2 Å². The van der Waals surface area contributed by atoms with Crippen molar-refractivity contribution in [2.75, 3.05) is 18.0 Å². The first-order valence-corrected chi connectivity index (χ1v) is 9.24. The number of ether oxygens (including phenoxy) is 1. The molecule has 0 aliphatic carbocycles. The van der Waals surface area contributed by atoms with Gasteiger partial charge in [0.05, 0.1) is 18.9 Å². The molecule has 29 heavy (non-hydrogen) atoms. The Morgan fingerprint density at radius 1 is 1.07 bits per heavy atom. The summed E-state index contributed by atoms with van der Waals surface area (Å²) in [6.45, 7) is 1.33. The maximum Gasteiger partial charge on any atom is 0.326 e. The number of nitrogens with zero attached hydrogens (tertiary/aromatic N) is 2. The van der Waals surface area contributed by atoms with E-state index in [2.05, 4.69) is 5.32 Å². The Kier molecular flexibility index (Phi) is 8.39. The van der Waals surface area contributed by atoms with Crippen molar-refractivity contribution >= 4 is 23.5 Å². The third-order valence-corrected chi connectivity index (χ3v) is 4.07. The summed E-state index contributed by atoms with van der Waals surface area (Å²) in [7, 11) is 0. The lowest BCUT2D eigenvalue weighted by Crippen LogP contribution is -2.42. The van der Waals surface area contributed by atoms with E-state index in [1.54, 1.807) is 24.3 Å². The number of carbonyl (C=O) groups is 3. The molecule has 0 spiro atoms. The first-order valence-electron chi connectivity index (χ1n) is 9.24. The van der Waals surface area contributed by atoms with Crippen LogP contribution in [0.4, 0.5) is 5.69 Å². The molecule has 0 bridgehead atoms. The number of rotatable bonds is 9. The van der Waals surface area contributed by atoms with Crippen LogP contribution in [0, 0.1) is 11.3 Å². The van der Waals surface area contributed by atoms with Gasteiger partial charge in [-0.25, -0.2) is 0 Å². The molecule has 0 heterocycles. The lowest BCUT2D eigenvalue weighted by molar-refractivity contribution is -0.153. The zero-order valence-corrected chi connectivity index (χ0v) is 16.2. The number of esters is 1. The second kappa shape index (κ2) is 11.2. The maximum atomic E-state index is 12.7. The zero-order chi connectivity index (χ0) is 21.1. The minimum absolute atomic E-state index is 0.150. The van der Waals surface area contributed by atoms with Crippen molar-refractivity contribution in [2.45, 2.75) is 25.9 Å². The van der Waals surface area contributed by atoms with Gasteiger partial charge in [-0.2, -0.15) is 5.26 Å². The van der Waals surface area contributed by atoms with Crippen molar-refractivity contribution in [1.82, 2.24) is 5.32 Å². The molecule has 0 saturated heterocycles. The maximum absolute atomic E-state index is 12.7. The van der Waals surface area contributed by atoms with Crippen molar-refractivity contribution in [2.24, 2.45) is 0 Å². The van der Waals surface area contributed by atoms with Crippen LogP contribution in [0.15, 0.2) is 60.7 Å². The number of hydrogen-bond donors (Lipinski definition) is 1. The van der Waals surface area contributed by atoms with E-state index in [9.17, 15) is 14.4 Å². The smallest absolute Gasteiger partial charge is 0.326 e. The quantitative estimate of drug-likeness (QED) is 0.659. The van der Waals surface area contributed by atoms with Crippen LogP contribution in [0.1, 0.15) is 18.9 Å². The van der Waals surface area contributed by atoms with Crippen molar-refractivity contribution in [1.29, 1.82) is 5.26 Å². The van der Waals surface area contributed by atoms with E-state index in [1.165, 1.54) is 11.8 Å². The van der Waals surface area contributed by atoms with Crippen LogP contribution in [0.2, 0.25) is 0 Å². The fourth-order valence-corrected chi connectivity index (χ4v) is 2.66. The summed E-state index contributed by atoms with van der Waals surface area (Å²) in [5.41, 5.74) is 1.45. The van der Waals surface area contributed by atoms with Crippen molar-refractivity contribution < 1.29 is 19.1 Å². The summed E-state index contributed by atoms with van der Waals surface area (Å²) < 4.78 is 5.17. The Balaban J connectivity index is 1.87. The average Bonchev–Trinajstić information content (AvgIpc) is 2.74. The minimum atomic E-state index is -1.05. The number of para-hydroxylation sites is 1. The minimum Gasteiger partial charge on any atom is -0.451 e. The van der Waals surface area contributed by atoms with E-state index < -0.39 is 18.0 Å². The molecule has 7 nitrogen and oxygen atoms in total. The zero-order valence-electron chi connectivity index (χ0n) is 16.2. The first kappa shape index (κ1) is 21.6. The molecule has 7 heteroatoms. The SMILES string of the molecule is CC(OC(=O)CNC(=O)Cc1ccccc1)C(=O)N(CCC#N)c1ccccc1. The van der Waals surface area contributed by atoms with Crippen molar-refractivity contribution in [3.8, 4) is 6.07 Å². The van der Waals surface area contributed by atoms with Gasteiger partial charge in [0.1, 0.15) is 6.54 Å². The van der Waals surface area contributed by atoms with Gasteiger partial charge in [0.25, 0.3) is 5.91 Å². The normalized spacial score (nSPS) is 11.0. The number of anilines is 1. The van der Waals surface area contributed by atoms with Crippen LogP contribution in [0.25, 0.3) is 0 Å². The molecular formula is C22H23N3O4. The van der Waals surface area contributed by atoms with Crippen LogP contribution in [-0.2, 0) is 25.5 Å². The third-order valence-electron chi connectivity index (χ3n) is 4.07. The first-order chi connectivity index (χ1) is 14.0. The van der Waals surface area contributed by atoms with Gasteiger partial charge in [-0.15, -0.1) is 0 Å². The molecule has 0 saturated carbocycles. The molecule has 1 N–H and O–H groups in total. The van der Waals surface area contributed by atoms with Crippen LogP contribution in [-0.4, -0.2) is 37.0 Å². The predicted molar refractivity (Wildman–Crippen MR) is 108 cm³/mol. The van der Waals surface area contributed by atoms with Gasteiger partial charge >= 0.3 is 5.97 Å². The molecule has 0 aliphatic rings. The summed E-state index contributed by atoms with van der Waals surface area (Å²) in [5, 5.41) is 11.3. The molecule has 0 aliphatic heterocycles. The standard InChI is InChI=1S/C22H23N3O4/c1-17(22(28)25(14-8-13-23)19-11-6-3-7-12-19)29-21(27)16-24-20(26)15-18-9-4-2-5-10-18/h2-7,9-12,17H,8,14-16H2,1H3,(H,24,26). The highest BCUT2D eigenvalue weighted by Crippen LogP contribution is 2.16. The van der Waals surface area contributed by atoms with E-state index in [-0.39, 0.29) is 31.8 Å². The topological polar surface area (TPSA) is 99.5 Å². The molecule has 0 radical (unpaired) electrons. The summed E-state index contributed by atoms with van der Waals surface area (Å²) in [4.78, 5) is 38.1. The van der Waals surface area contributed by atoms with Crippen molar-refractivity contribution in [3.05, 3.63) is 66.2 Å². The average molecular weight is 393 g/mol. The van der Waals surface area contributed by atoms with Gasteiger partial charge in [-0.3, -0.25) is 14.4 Å². The summed E-state index contributed by atoms with van der Waals surface area (Å²) >= 11 is 0. The van der Waals surface area contributed by atoms with E-state index in [4.69, 9.17) is 10.00 Å². The Labute approximate surface area is 169 Å². The summed E-state index contributed by atoms with van der Waals surface area (Å²) in [5.74, 6) is -1.46. The Morgan fingerprint density at radius 2 is 1.69 bits per heavy atom. The van der Waals surface area contributed by atoms with Gasteiger partial charge in [0.2, 0.25) is 5.91 Å². The van der Waals surface area contributed by atoms with Crippen LogP contribution in [0.5, 0.6) is 0 Å². The molecule has 1 atom stereocenters. The second-order valence-electron chi connectivity index (χ2n) is 6.30. The predicted octanol–water partition coefficient (Wildman–Crippen LogP) is 2.22. The number of nitrogens with one attached hydrogen (secondary N) is 1. The highest BCUT2D eigenvalue weighted by Gasteiger charge is 2.25. The molecule has 150 valence electrons. The van der Waals surface area contributed by atoms with Gasteiger partial charge in [-0.1, -0.05) is 48.5 Å². The van der Waals surface area contributed by atoms with Crippen LogP contribution >= 0.6 is 0 Å². The number of amides is 2. The van der Waals surface area contributed by atoms with E-state index in [0.29, 0.717) is 5.69 Å². The molecule has 0 aromatic heterocycles. The largest absolute Gasteiger partial charge is 0.451 e. The van der Waals surface area contributed by atoms with Crippen LogP contribution < -0.4 is 10.2 Å². The Hall–Kier alpha value is -3.66. The molecule has 2 rings (SSSR count). The fraction of sp³-hybridized carbons (Fsp3) is 0.273. The van der Waals surface area contributed by atoms with Crippen molar-refractivity contribution in [3.63, 3.8) is 0 Å². The fourth-order valence-electron chi connectivity index (χ4n) is 2.66. The highest BCUT2D eigenvalue weighted by atomic mass is 16.5. The molecule has 2 amide bonds. The lowest BCUT2D eigenvalue weighted by Gasteiger charge is -2.25. The van der Waals surface area contributed by atoms with E-state index in [1.807, 2.05) is 42.5 Å². The molecular weight excluding hydrogens is 370 g/mol. The van der Waals surface area contributed by atoms with Gasteiger partial charge in [-0.05, 0) is 24.6 Å². The van der Waals surface area contributed by atoms with E-state index >= 15 is 0 Å². The molecule has 0 fully saturated rings. The lowest BCUT2D eigenvalue weighted by atomic mass is 10.1. The Morgan fingerprint density at radius 3 is 2.31 bits per heavy atom. The highest BCUT2D eigenvalue weighted by molar-refractivity contribution is 5.97. The monoisotopic (exact) mass is 393 g/mol. The Bertz CT molecular complexity index is 863. The molecule has 1 unspecified atom stereocenters. The van der Waals surface area contributed by atoms with Gasteiger partial charge < -0.3 is 15.0 Å². The number of benzene rings is 2. The second-order valence-corrected chi connectivity index (χ2v) is 6.30. The summed E-state index contributed by atoms with van der Waals surface area (Å²) in [6, 6.07) is 20.0. The van der Waals surface area contributed by atoms with Crippen LogP contribution in [0.3, 0.4) is 0 Å². The summed E-state index contributed by atoms with van der Waals surface area (Å²) in [6.07, 6.45) is -0.748. The van der Waals surface area contributed by atoms with E-state index in [0.717, 1.165) is 5.56 Å². The molecule has 2 aromatic rings. The number of hydrogen-bond acceptors (Lipinski definition) is 5. The molecule has 2 aromatic carbocycles. The van der Waals surface area contributed by atoms with Gasteiger partial charge in [0.15, 0.2) is 6.10 Å². The number of nitriles is 1. The number of carbonyl (C=O) groups excluding carboxylic acids is 3.